The zero-order valence-corrected chi connectivity index (χ0v) is 11.7. The molecule has 0 aromatic carbocycles. The standard InChI is InChI=1S/C12H20ClN3O2/c1-15-5-3-12(17,4-6-15)11-10(13)9-14-16(11)7-8-18-2/h9,17H,3-8H2,1-2H3. The van der Waals surface area contributed by atoms with Gasteiger partial charge in [-0.3, -0.25) is 4.68 Å². The minimum Gasteiger partial charge on any atom is -0.383 e. The first-order chi connectivity index (χ1) is 8.57. The van der Waals surface area contributed by atoms with Crippen LogP contribution in [0.5, 0.6) is 0 Å². The molecule has 1 aliphatic heterocycles. The zero-order valence-electron chi connectivity index (χ0n) is 10.9. The average Bonchev–Trinajstić information content (AvgIpc) is 2.73. The Bertz CT molecular complexity index is 400. The van der Waals surface area contributed by atoms with Gasteiger partial charge in [0, 0.05) is 20.2 Å². The molecule has 0 bridgehead atoms. The summed E-state index contributed by atoms with van der Waals surface area (Å²) in [4.78, 5) is 2.21. The number of ether oxygens (including phenoxy) is 1. The zero-order chi connectivity index (χ0) is 13.2. The average molecular weight is 274 g/mol. The van der Waals surface area contributed by atoms with Crippen LogP contribution in [-0.2, 0) is 16.9 Å². The lowest BCUT2D eigenvalue weighted by Gasteiger charge is -2.37. The van der Waals surface area contributed by atoms with Crippen LogP contribution in [0, 0.1) is 0 Å². The van der Waals surface area contributed by atoms with E-state index in [1.165, 1.54) is 0 Å². The molecule has 0 amide bonds. The van der Waals surface area contributed by atoms with E-state index in [-0.39, 0.29) is 0 Å². The van der Waals surface area contributed by atoms with Crippen LogP contribution in [0.1, 0.15) is 18.5 Å². The molecule has 0 spiro atoms. The molecule has 0 radical (unpaired) electrons. The van der Waals surface area contributed by atoms with Gasteiger partial charge < -0.3 is 14.7 Å². The Morgan fingerprint density at radius 1 is 1.50 bits per heavy atom. The van der Waals surface area contributed by atoms with E-state index in [1.807, 2.05) is 0 Å². The number of aromatic nitrogens is 2. The first-order valence-electron chi connectivity index (χ1n) is 6.18. The van der Waals surface area contributed by atoms with Crippen molar-refractivity contribution in [2.45, 2.75) is 25.0 Å². The van der Waals surface area contributed by atoms with Crippen molar-refractivity contribution in [1.82, 2.24) is 14.7 Å². The Balaban J connectivity index is 2.23. The van der Waals surface area contributed by atoms with Crippen LogP contribution in [0.25, 0.3) is 0 Å². The van der Waals surface area contributed by atoms with Gasteiger partial charge in [-0.05, 0) is 19.9 Å². The summed E-state index contributed by atoms with van der Waals surface area (Å²) in [6.07, 6.45) is 2.96. The molecule has 2 rings (SSSR count). The molecule has 6 heteroatoms. The van der Waals surface area contributed by atoms with E-state index in [9.17, 15) is 5.11 Å². The third-order valence-corrected chi connectivity index (χ3v) is 3.83. The summed E-state index contributed by atoms with van der Waals surface area (Å²) < 4.78 is 6.81. The van der Waals surface area contributed by atoms with Crippen molar-refractivity contribution >= 4 is 11.6 Å². The lowest BCUT2D eigenvalue weighted by molar-refractivity contribution is -0.0280. The van der Waals surface area contributed by atoms with Crippen LogP contribution in [-0.4, -0.2) is 53.6 Å². The molecule has 0 unspecified atom stereocenters. The highest BCUT2D eigenvalue weighted by Gasteiger charge is 2.37. The highest BCUT2D eigenvalue weighted by molar-refractivity contribution is 6.31. The molecule has 1 aromatic heterocycles. The highest BCUT2D eigenvalue weighted by atomic mass is 35.5. The van der Waals surface area contributed by atoms with Crippen molar-refractivity contribution < 1.29 is 9.84 Å². The fraction of sp³-hybridized carbons (Fsp3) is 0.750. The number of piperidine rings is 1. The van der Waals surface area contributed by atoms with Crippen molar-refractivity contribution in [1.29, 1.82) is 0 Å². The van der Waals surface area contributed by atoms with E-state index >= 15 is 0 Å². The fourth-order valence-electron chi connectivity index (χ4n) is 2.40. The number of nitrogens with zero attached hydrogens (tertiary/aromatic N) is 3. The molecular formula is C12H20ClN3O2. The van der Waals surface area contributed by atoms with E-state index in [4.69, 9.17) is 16.3 Å². The van der Waals surface area contributed by atoms with Gasteiger partial charge in [0.2, 0.25) is 0 Å². The predicted octanol–water partition coefficient (Wildman–Crippen LogP) is 1.10. The van der Waals surface area contributed by atoms with Crippen molar-refractivity contribution in [2.24, 2.45) is 0 Å². The number of hydrogen-bond donors (Lipinski definition) is 1. The van der Waals surface area contributed by atoms with Gasteiger partial charge in [0.1, 0.15) is 5.60 Å². The van der Waals surface area contributed by atoms with Crippen LogP contribution >= 0.6 is 11.6 Å². The SMILES string of the molecule is COCCn1ncc(Cl)c1C1(O)CCN(C)CC1. The van der Waals surface area contributed by atoms with Crippen molar-refractivity contribution in [3.63, 3.8) is 0 Å². The summed E-state index contributed by atoms with van der Waals surface area (Å²) in [7, 11) is 3.71. The Labute approximate surface area is 112 Å². The van der Waals surface area contributed by atoms with Crippen LogP contribution in [0.2, 0.25) is 5.02 Å². The second-order valence-electron chi connectivity index (χ2n) is 4.89. The first kappa shape index (κ1) is 13.8. The van der Waals surface area contributed by atoms with Gasteiger partial charge in [0.05, 0.1) is 30.1 Å². The van der Waals surface area contributed by atoms with E-state index in [0.717, 1.165) is 18.8 Å². The van der Waals surface area contributed by atoms with Gasteiger partial charge in [-0.25, -0.2) is 0 Å². The maximum Gasteiger partial charge on any atom is 0.110 e. The summed E-state index contributed by atoms with van der Waals surface area (Å²) in [6, 6.07) is 0. The lowest BCUT2D eigenvalue weighted by atomic mass is 9.88. The van der Waals surface area contributed by atoms with E-state index in [2.05, 4.69) is 17.0 Å². The van der Waals surface area contributed by atoms with Gasteiger partial charge >= 0.3 is 0 Å². The van der Waals surface area contributed by atoms with Crippen LogP contribution in [0.15, 0.2) is 6.20 Å². The topological polar surface area (TPSA) is 50.5 Å². The summed E-state index contributed by atoms with van der Waals surface area (Å²) in [5, 5.41) is 15.6. The molecule has 1 aromatic rings. The van der Waals surface area contributed by atoms with Crippen LogP contribution < -0.4 is 0 Å². The first-order valence-corrected chi connectivity index (χ1v) is 6.56. The molecule has 1 fully saturated rings. The predicted molar refractivity (Wildman–Crippen MR) is 69.7 cm³/mol. The van der Waals surface area contributed by atoms with Crippen molar-refractivity contribution in [3.8, 4) is 0 Å². The molecule has 1 N–H and O–H groups in total. The molecule has 1 aliphatic rings. The second-order valence-corrected chi connectivity index (χ2v) is 5.30. The summed E-state index contributed by atoms with van der Waals surface area (Å²) >= 11 is 6.19. The maximum absolute atomic E-state index is 10.8. The number of halogens is 1. The van der Waals surface area contributed by atoms with Crippen molar-refractivity contribution in [2.75, 3.05) is 33.9 Å². The van der Waals surface area contributed by atoms with Crippen LogP contribution in [0.3, 0.4) is 0 Å². The number of rotatable bonds is 4. The number of hydrogen-bond acceptors (Lipinski definition) is 4. The summed E-state index contributed by atoms with van der Waals surface area (Å²) in [6.45, 7) is 2.89. The fourth-order valence-corrected chi connectivity index (χ4v) is 2.71. The molecule has 0 aliphatic carbocycles. The quantitative estimate of drug-likeness (QED) is 0.893. The third kappa shape index (κ3) is 2.69. The molecular weight excluding hydrogens is 254 g/mol. The third-order valence-electron chi connectivity index (χ3n) is 3.56. The van der Waals surface area contributed by atoms with E-state index < -0.39 is 5.60 Å². The molecule has 102 valence electrons. The van der Waals surface area contributed by atoms with E-state index in [0.29, 0.717) is 31.0 Å². The van der Waals surface area contributed by atoms with Crippen molar-refractivity contribution in [3.05, 3.63) is 16.9 Å². The summed E-state index contributed by atoms with van der Waals surface area (Å²) in [5.74, 6) is 0. The Hall–Kier alpha value is -0.620. The Morgan fingerprint density at radius 3 is 2.78 bits per heavy atom. The maximum atomic E-state index is 10.8. The Morgan fingerprint density at radius 2 is 2.17 bits per heavy atom. The Kier molecular flexibility index (Phi) is 4.27. The number of aliphatic hydroxyl groups is 1. The molecule has 0 saturated carbocycles. The van der Waals surface area contributed by atoms with Gasteiger partial charge in [0.25, 0.3) is 0 Å². The van der Waals surface area contributed by atoms with E-state index in [1.54, 1.807) is 18.0 Å². The minimum absolute atomic E-state index is 0.540. The lowest BCUT2D eigenvalue weighted by Crippen LogP contribution is -2.42. The van der Waals surface area contributed by atoms with Gasteiger partial charge in [-0.1, -0.05) is 11.6 Å². The molecule has 0 atom stereocenters. The number of likely N-dealkylation sites (tertiary alicyclic amines) is 1. The monoisotopic (exact) mass is 273 g/mol. The van der Waals surface area contributed by atoms with Gasteiger partial charge in [0.15, 0.2) is 0 Å². The largest absolute Gasteiger partial charge is 0.383 e. The minimum atomic E-state index is -0.867. The smallest absolute Gasteiger partial charge is 0.110 e. The van der Waals surface area contributed by atoms with Crippen LogP contribution in [0.4, 0.5) is 0 Å². The molecule has 1 saturated heterocycles. The molecule has 18 heavy (non-hydrogen) atoms. The summed E-state index contributed by atoms with van der Waals surface area (Å²) in [5.41, 5.74) is -0.136. The molecule has 2 heterocycles. The number of methoxy groups -OCH3 is 1. The van der Waals surface area contributed by atoms with Gasteiger partial charge in [-0.15, -0.1) is 0 Å². The highest BCUT2D eigenvalue weighted by Crippen LogP contribution is 2.36. The second kappa shape index (κ2) is 5.57. The normalized spacial score (nSPS) is 20.2. The van der Waals surface area contributed by atoms with Gasteiger partial charge in [-0.2, -0.15) is 5.10 Å². The molecule has 5 nitrogen and oxygen atoms in total.